The monoisotopic (exact) mass is 520 g/mol. The number of rotatable bonds is 6. The standard InChI is InChI=1S/C26H32F2N4O3.H2S/c1-26(35,17-7-5-4-6-8-17)25(34)31-11-9-20(10-12-31)32-15-19(16-32)29-18-13-21(27)23(22(28)14-18)24(33)30(2)3;/h4-8,13-14,19-20,29,35H,9-12,15-16H2,1-3H3;1H2/t26-;/m0./s1. The van der Waals surface area contributed by atoms with Crippen molar-refractivity contribution in [1.29, 1.82) is 0 Å². The molecule has 0 spiro atoms. The fourth-order valence-corrected chi connectivity index (χ4v) is 4.85. The Morgan fingerprint density at radius 1 is 1.06 bits per heavy atom. The van der Waals surface area contributed by atoms with Gasteiger partial charge in [-0.15, -0.1) is 0 Å². The van der Waals surface area contributed by atoms with Crippen molar-refractivity contribution < 1.29 is 23.5 Å². The number of piperidine rings is 1. The van der Waals surface area contributed by atoms with Gasteiger partial charge in [-0.2, -0.15) is 13.5 Å². The number of benzene rings is 2. The molecular formula is C26H34F2N4O3S. The maximum Gasteiger partial charge on any atom is 0.259 e. The van der Waals surface area contributed by atoms with Gasteiger partial charge in [0.15, 0.2) is 5.60 Å². The molecule has 0 unspecified atom stereocenters. The van der Waals surface area contributed by atoms with Crippen molar-refractivity contribution in [1.82, 2.24) is 14.7 Å². The molecule has 2 aromatic carbocycles. The zero-order valence-electron chi connectivity index (χ0n) is 20.8. The van der Waals surface area contributed by atoms with Crippen LogP contribution in [0.15, 0.2) is 42.5 Å². The lowest BCUT2D eigenvalue weighted by atomic mass is 9.92. The van der Waals surface area contributed by atoms with E-state index in [1.807, 2.05) is 6.07 Å². The van der Waals surface area contributed by atoms with E-state index in [4.69, 9.17) is 0 Å². The number of nitrogens with zero attached hydrogens (tertiary/aromatic N) is 3. The van der Waals surface area contributed by atoms with Crippen molar-refractivity contribution in [2.45, 2.75) is 37.5 Å². The van der Waals surface area contributed by atoms with Crippen LogP contribution < -0.4 is 5.32 Å². The molecule has 2 saturated heterocycles. The van der Waals surface area contributed by atoms with E-state index in [0.717, 1.165) is 43.0 Å². The largest absolute Gasteiger partial charge is 0.380 e. The number of amides is 2. The highest BCUT2D eigenvalue weighted by atomic mass is 32.1. The van der Waals surface area contributed by atoms with Crippen LogP contribution in [0.3, 0.4) is 0 Å². The summed E-state index contributed by atoms with van der Waals surface area (Å²) in [5, 5.41) is 14.0. The lowest BCUT2D eigenvalue weighted by Gasteiger charge is -2.48. The van der Waals surface area contributed by atoms with E-state index in [1.54, 1.807) is 29.2 Å². The molecule has 0 saturated carbocycles. The van der Waals surface area contributed by atoms with Crippen LogP contribution in [-0.2, 0) is 10.4 Å². The third kappa shape index (κ3) is 5.66. The number of aliphatic hydroxyl groups is 1. The molecule has 1 atom stereocenters. The van der Waals surface area contributed by atoms with Crippen molar-refractivity contribution in [3.8, 4) is 0 Å². The number of anilines is 1. The molecule has 0 aliphatic carbocycles. The van der Waals surface area contributed by atoms with E-state index in [9.17, 15) is 23.5 Å². The van der Waals surface area contributed by atoms with E-state index in [1.165, 1.54) is 21.0 Å². The van der Waals surface area contributed by atoms with Crippen LogP contribution in [-0.4, -0.2) is 84.0 Å². The lowest BCUT2D eigenvalue weighted by molar-refractivity contribution is -0.152. The molecule has 7 nitrogen and oxygen atoms in total. The molecule has 10 heteroatoms. The predicted octanol–water partition coefficient (Wildman–Crippen LogP) is 2.77. The summed E-state index contributed by atoms with van der Waals surface area (Å²) in [7, 11) is 2.89. The first-order valence-electron chi connectivity index (χ1n) is 11.9. The number of hydrogen-bond donors (Lipinski definition) is 2. The van der Waals surface area contributed by atoms with Gasteiger partial charge in [-0.05, 0) is 37.5 Å². The van der Waals surface area contributed by atoms with E-state index < -0.39 is 28.7 Å². The van der Waals surface area contributed by atoms with Gasteiger partial charge in [-0.3, -0.25) is 14.5 Å². The van der Waals surface area contributed by atoms with E-state index >= 15 is 0 Å². The molecular weight excluding hydrogens is 486 g/mol. The van der Waals surface area contributed by atoms with Crippen molar-refractivity contribution in [3.05, 3.63) is 65.2 Å². The van der Waals surface area contributed by atoms with E-state index in [2.05, 4.69) is 10.2 Å². The molecule has 2 aliphatic heterocycles. The summed E-state index contributed by atoms with van der Waals surface area (Å²) in [5.74, 6) is -2.77. The van der Waals surface area contributed by atoms with E-state index in [0.29, 0.717) is 30.4 Å². The second-order valence-corrected chi connectivity index (χ2v) is 9.77. The minimum atomic E-state index is -1.56. The second kappa shape index (κ2) is 11.1. The van der Waals surface area contributed by atoms with Crippen LogP contribution in [0.5, 0.6) is 0 Å². The average Bonchev–Trinajstić information content (AvgIpc) is 2.80. The number of halogens is 2. The van der Waals surface area contributed by atoms with Crippen LogP contribution in [0.25, 0.3) is 0 Å². The Balaban J connectivity index is 0.00000361. The number of likely N-dealkylation sites (tertiary alicyclic amines) is 2. The predicted molar refractivity (Wildman–Crippen MR) is 139 cm³/mol. The quantitative estimate of drug-likeness (QED) is 0.613. The molecule has 2 amide bonds. The Hall–Kier alpha value is -2.69. The van der Waals surface area contributed by atoms with Gasteiger partial charge in [0.1, 0.15) is 17.2 Å². The van der Waals surface area contributed by atoms with Crippen LogP contribution in [0.4, 0.5) is 14.5 Å². The fraction of sp³-hybridized carbons (Fsp3) is 0.462. The number of carbonyl (C=O) groups excluding carboxylic acids is 2. The second-order valence-electron chi connectivity index (χ2n) is 9.77. The van der Waals surface area contributed by atoms with Crippen LogP contribution in [0, 0.1) is 11.6 Å². The summed E-state index contributed by atoms with van der Waals surface area (Å²) >= 11 is 0. The molecule has 0 aromatic heterocycles. The van der Waals surface area contributed by atoms with Crippen LogP contribution in [0.1, 0.15) is 35.7 Å². The molecule has 2 aromatic rings. The first-order valence-corrected chi connectivity index (χ1v) is 11.9. The molecule has 2 N–H and O–H groups in total. The average molecular weight is 521 g/mol. The van der Waals surface area contributed by atoms with E-state index in [-0.39, 0.29) is 25.4 Å². The van der Waals surface area contributed by atoms with Gasteiger partial charge >= 0.3 is 0 Å². The highest BCUT2D eigenvalue weighted by molar-refractivity contribution is 7.59. The van der Waals surface area contributed by atoms with Crippen molar-refractivity contribution in [3.63, 3.8) is 0 Å². The van der Waals surface area contributed by atoms with Gasteiger partial charge in [0.2, 0.25) is 0 Å². The van der Waals surface area contributed by atoms with Gasteiger partial charge < -0.3 is 20.2 Å². The van der Waals surface area contributed by atoms with Crippen LogP contribution in [0.2, 0.25) is 0 Å². The Kier molecular flexibility index (Phi) is 8.63. The fourth-order valence-electron chi connectivity index (χ4n) is 4.85. The maximum absolute atomic E-state index is 14.4. The summed E-state index contributed by atoms with van der Waals surface area (Å²) in [6.45, 7) is 4.12. The molecule has 0 bridgehead atoms. The summed E-state index contributed by atoms with van der Waals surface area (Å²) in [5.41, 5.74) is -1.22. The van der Waals surface area contributed by atoms with Crippen molar-refractivity contribution in [2.24, 2.45) is 0 Å². The number of nitrogens with one attached hydrogen (secondary N) is 1. The zero-order valence-corrected chi connectivity index (χ0v) is 21.8. The topological polar surface area (TPSA) is 76.1 Å². The smallest absolute Gasteiger partial charge is 0.259 e. The van der Waals surface area contributed by atoms with Crippen molar-refractivity contribution >= 4 is 31.0 Å². The molecule has 196 valence electrons. The third-order valence-electron chi connectivity index (χ3n) is 6.96. The highest BCUT2D eigenvalue weighted by Gasteiger charge is 2.40. The minimum Gasteiger partial charge on any atom is -0.380 e. The Bertz CT molecular complexity index is 1060. The minimum absolute atomic E-state index is 0. The summed E-state index contributed by atoms with van der Waals surface area (Å²) in [4.78, 5) is 30.1. The first kappa shape index (κ1) is 27.9. The highest BCUT2D eigenvalue weighted by Crippen LogP contribution is 2.29. The van der Waals surface area contributed by atoms with Gasteiger partial charge in [0.25, 0.3) is 11.8 Å². The zero-order chi connectivity index (χ0) is 25.3. The summed E-state index contributed by atoms with van der Waals surface area (Å²) < 4.78 is 28.7. The SMILES string of the molecule is CN(C)C(=O)c1c(F)cc(NC2CN(C3CCN(C(=O)[C@@](C)(O)c4ccccc4)CC3)C2)cc1F.S. The molecule has 2 fully saturated rings. The molecule has 36 heavy (non-hydrogen) atoms. The summed E-state index contributed by atoms with van der Waals surface area (Å²) in [6, 6.07) is 11.6. The Morgan fingerprint density at radius 3 is 2.14 bits per heavy atom. The molecule has 0 radical (unpaired) electrons. The van der Waals surface area contributed by atoms with Gasteiger partial charge in [0.05, 0.1) is 6.04 Å². The lowest BCUT2D eigenvalue weighted by Crippen LogP contribution is -2.61. The number of hydrogen-bond acceptors (Lipinski definition) is 5. The van der Waals surface area contributed by atoms with Crippen LogP contribution >= 0.6 is 13.5 Å². The first-order chi connectivity index (χ1) is 16.6. The molecule has 2 heterocycles. The van der Waals surface area contributed by atoms with Gasteiger partial charge in [-0.1, -0.05) is 30.3 Å². The number of carbonyl (C=O) groups is 2. The van der Waals surface area contributed by atoms with Gasteiger partial charge in [-0.25, -0.2) is 8.78 Å². The Morgan fingerprint density at radius 2 is 1.61 bits per heavy atom. The Labute approximate surface area is 217 Å². The molecule has 4 rings (SSSR count). The molecule has 2 aliphatic rings. The normalized spacial score (nSPS) is 18.6. The third-order valence-corrected chi connectivity index (χ3v) is 6.96. The van der Waals surface area contributed by atoms with Gasteiger partial charge in [0, 0.05) is 52.0 Å². The van der Waals surface area contributed by atoms with Crippen molar-refractivity contribution in [2.75, 3.05) is 45.6 Å². The summed E-state index contributed by atoms with van der Waals surface area (Å²) in [6.07, 6.45) is 1.60. The maximum atomic E-state index is 14.4.